The molecule has 8 heteroatoms. The number of nitrogens with one attached hydrogen (secondary N) is 1. The molecule has 0 radical (unpaired) electrons. The van der Waals surface area contributed by atoms with Gasteiger partial charge < -0.3 is 19.2 Å². The maximum atomic E-state index is 12.7. The number of carbonyl (C=O) groups excluding carboxylic acids is 1. The lowest BCUT2D eigenvalue weighted by molar-refractivity contribution is 0.0992. The van der Waals surface area contributed by atoms with Gasteiger partial charge in [-0.05, 0) is 71.7 Å². The lowest BCUT2D eigenvalue weighted by Gasteiger charge is -2.09. The van der Waals surface area contributed by atoms with E-state index >= 15 is 0 Å². The van der Waals surface area contributed by atoms with Gasteiger partial charge in [0.2, 0.25) is 0 Å². The molecule has 1 amide bonds. The maximum Gasteiger partial charge on any atom is 0.291 e. The normalized spacial score (nSPS) is 10.8. The highest BCUT2D eigenvalue weighted by molar-refractivity contribution is 9.10. The van der Waals surface area contributed by atoms with Crippen molar-refractivity contribution in [3.8, 4) is 11.5 Å². The van der Waals surface area contributed by atoms with Gasteiger partial charge in [0.15, 0.2) is 17.3 Å². The summed E-state index contributed by atoms with van der Waals surface area (Å²) in [7, 11) is 1.59. The standard InChI is InChI=1S/C25H24BrN3O4/c1-16-24(26)17(2)29(28-16)14-18-7-6-8-19(13-18)27-25(30)23-12-11-20(33-23)15-32-22-10-5-4-9-21(22)31-3/h4-13H,14-15H2,1-3H3,(H,27,30). The molecule has 0 atom stereocenters. The highest BCUT2D eigenvalue weighted by Gasteiger charge is 2.14. The molecule has 2 heterocycles. The Morgan fingerprint density at radius 2 is 1.88 bits per heavy atom. The summed E-state index contributed by atoms with van der Waals surface area (Å²) in [5.41, 5.74) is 3.71. The molecule has 1 N–H and O–H groups in total. The van der Waals surface area contributed by atoms with E-state index in [9.17, 15) is 4.79 Å². The molecule has 0 spiro atoms. The molecule has 0 aliphatic carbocycles. The third-order valence-electron chi connectivity index (χ3n) is 5.13. The second kappa shape index (κ2) is 9.95. The minimum absolute atomic E-state index is 0.182. The highest BCUT2D eigenvalue weighted by Crippen LogP contribution is 2.27. The fourth-order valence-electron chi connectivity index (χ4n) is 3.41. The van der Waals surface area contributed by atoms with Crippen LogP contribution in [0.4, 0.5) is 5.69 Å². The van der Waals surface area contributed by atoms with Crippen molar-refractivity contribution in [2.75, 3.05) is 12.4 Å². The van der Waals surface area contributed by atoms with Crippen molar-refractivity contribution in [3.63, 3.8) is 0 Å². The van der Waals surface area contributed by atoms with Gasteiger partial charge in [0.05, 0.1) is 29.5 Å². The molecule has 170 valence electrons. The summed E-state index contributed by atoms with van der Waals surface area (Å²) in [5.74, 6) is 1.66. The van der Waals surface area contributed by atoms with Gasteiger partial charge >= 0.3 is 0 Å². The van der Waals surface area contributed by atoms with E-state index in [1.165, 1.54) is 0 Å². The van der Waals surface area contributed by atoms with Crippen LogP contribution in [0.1, 0.15) is 33.3 Å². The van der Waals surface area contributed by atoms with Crippen molar-refractivity contribution in [2.24, 2.45) is 0 Å². The molecule has 0 bridgehead atoms. The van der Waals surface area contributed by atoms with E-state index in [-0.39, 0.29) is 18.3 Å². The van der Waals surface area contributed by atoms with Crippen LogP contribution in [0.25, 0.3) is 0 Å². The second-order valence-corrected chi connectivity index (χ2v) is 8.30. The number of halogens is 1. The average Bonchev–Trinajstić information content (AvgIpc) is 3.39. The van der Waals surface area contributed by atoms with Crippen molar-refractivity contribution in [1.29, 1.82) is 0 Å². The van der Waals surface area contributed by atoms with Crippen LogP contribution < -0.4 is 14.8 Å². The molecule has 0 unspecified atom stereocenters. The Kier molecular flexibility index (Phi) is 6.84. The predicted octanol–water partition coefficient (Wildman–Crippen LogP) is 5.74. The predicted molar refractivity (Wildman–Crippen MR) is 129 cm³/mol. The number of hydrogen-bond acceptors (Lipinski definition) is 5. The second-order valence-electron chi connectivity index (χ2n) is 7.50. The number of rotatable bonds is 8. The number of benzene rings is 2. The Hall–Kier alpha value is -3.52. The largest absolute Gasteiger partial charge is 0.493 e. The smallest absolute Gasteiger partial charge is 0.291 e. The first-order valence-electron chi connectivity index (χ1n) is 10.4. The number of ether oxygens (including phenoxy) is 2. The number of aryl methyl sites for hydroxylation is 1. The summed E-state index contributed by atoms with van der Waals surface area (Å²) in [6.45, 7) is 4.76. The lowest BCUT2D eigenvalue weighted by Crippen LogP contribution is -2.11. The Morgan fingerprint density at radius 1 is 1.09 bits per heavy atom. The number of amides is 1. The van der Waals surface area contributed by atoms with E-state index in [0.29, 0.717) is 29.5 Å². The van der Waals surface area contributed by atoms with Crippen molar-refractivity contribution in [3.05, 3.63) is 93.6 Å². The van der Waals surface area contributed by atoms with Crippen LogP contribution in [-0.2, 0) is 13.2 Å². The van der Waals surface area contributed by atoms with Gasteiger partial charge in [-0.15, -0.1) is 0 Å². The number of hydrogen-bond donors (Lipinski definition) is 1. The van der Waals surface area contributed by atoms with Gasteiger partial charge in [-0.1, -0.05) is 24.3 Å². The highest BCUT2D eigenvalue weighted by atomic mass is 79.9. The molecule has 4 rings (SSSR count). The van der Waals surface area contributed by atoms with E-state index in [1.807, 2.05) is 67.1 Å². The van der Waals surface area contributed by atoms with Crippen molar-refractivity contribution < 1.29 is 18.7 Å². The van der Waals surface area contributed by atoms with Crippen LogP contribution in [0.2, 0.25) is 0 Å². The number of nitrogens with zero attached hydrogens (tertiary/aromatic N) is 2. The maximum absolute atomic E-state index is 12.7. The molecular formula is C25H24BrN3O4. The molecule has 4 aromatic rings. The summed E-state index contributed by atoms with van der Waals surface area (Å²) < 4.78 is 19.6. The molecule has 0 saturated carbocycles. The first-order chi connectivity index (χ1) is 15.9. The number of para-hydroxylation sites is 2. The Morgan fingerprint density at radius 3 is 2.61 bits per heavy atom. The minimum atomic E-state index is -0.329. The third-order valence-corrected chi connectivity index (χ3v) is 6.28. The minimum Gasteiger partial charge on any atom is -0.493 e. The quantitative estimate of drug-likeness (QED) is 0.327. The molecule has 0 saturated heterocycles. The number of anilines is 1. The van der Waals surface area contributed by atoms with Crippen LogP contribution in [0.3, 0.4) is 0 Å². The summed E-state index contributed by atoms with van der Waals surface area (Å²) in [6, 6.07) is 18.4. The third kappa shape index (κ3) is 5.28. The van der Waals surface area contributed by atoms with Crippen LogP contribution in [0, 0.1) is 13.8 Å². The number of aromatic nitrogens is 2. The van der Waals surface area contributed by atoms with Crippen molar-refractivity contribution >= 4 is 27.5 Å². The molecule has 0 aliphatic rings. The van der Waals surface area contributed by atoms with E-state index in [2.05, 4.69) is 26.3 Å². The van der Waals surface area contributed by atoms with Crippen LogP contribution >= 0.6 is 15.9 Å². The molecule has 2 aromatic heterocycles. The van der Waals surface area contributed by atoms with Gasteiger partial charge in [-0.2, -0.15) is 5.10 Å². The van der Waals surface area contributed by atoms with E-state index in [0.717, 1.165) is 21.4 Å². The Bertz CT molecular complexity index is 1280. The summed E-state index contributed by atoms with van der Waals surface area (Å²) >= 11 is 3.55. The fraction of sp³-hybridized carbons (Fsp3) is 0.200. The zero-order valence-corrected chi connectivity index (χ0v) is 20.2. The van der Waals surface area contributed by atoms with Gasteiger partial charge in [0, 0.05) is 5.69 Å². The number of furan rings is 1. The SMILES string of the molecule is COc1ccccc1OCc1ccc(C(=O)Nc2cccc(Cn3nc(C)c(Br)c3C)c2)o1. The van der Waals surface area contributed by atoms with Crippen molar-refractivity contribution in [2.45, 2.75) is 27.0 Å². The van der Waals surface area contributed by atoms with Gasteiger partial charge in [-0.3, -0.25) is 9.48 Å². The molecule has 0 aliphatic heterocycles. The number of carbonyl (C=O) groups is 1. The molecular weight excluding hydrogens is 486 g/mol. The fourth-order valence-corrected chi connectivity index (χ4v) is 3.69. The van der Waals surface area contributed by atoms with Crippen molar-refractivity contribution in [1.82, 2.24) is 9.78 Å². The Balaban J connectivity index is 1.39. The zero-order chi connectivity index (χ0) is 23.4. The van der Waals surface area contributed by atoms with Gasteiger partial charge in [0.1, 0.15) is 12.4 Å². The summed E-state index contributed by atoms with van der Waals surface area (Å²) in [5, 5.41) is 7.43. The molecule has 33 heavy (non-hydrogen) atoms. The van der Waals surface area contributed by atoms with Gasteiger partial charge in [-0.25, -0.2) is 0 Å². The lowest BCUT2D eigenvalue weighted by atomic mass is 10.2. The summed E-state index contributed by atoms with van der Waals surface area (Å²) in [4.78, 5) is 12.7. The molecule has 7 nitrogen and oxygen atoms in total. The number of methoxy groups -OCH3 is 1. The van der Waals surface area contributed by atoms with Crippen LogP contribution in [-0.4, -0.2) is 22.8 Å². The van der Waals surface area contributed by atoms with Crippen LogP contribution in [0.15, 0.2) is 69.6 Å². The first-order valence-corrected chi connectivity index (χ1v) is 11.2. The zero-order valence-electron chi connectivity index (χ0n) is 18.6. The monoisotopic (exact) mass is 509 g/mol. The first kappa shape index (κ1) is 22.7. The van der Waals surface area contributed by atoms with E-state index in [4.69, 9.17) is 13.9 Å². The van der Waals surface area contributed by atoms with E-state index in [1.54, 1.807) is 19.2 Å². The Labute approximate surface area is 200 Å². The average molecular weight is 510 g/mol. The molecule has 2 aromatic carbocycles. The molecule has 0 fully saturated rings. The van der Waals surface area contributed by atoms with Gasteiger partial charge in [0.25, 0.3) is 5.91 Å². The topological polar surface area (TPSA) is 78.5 Å². The van der Waals surface area contributed by atoms with Crippen LogP contribution in [0.5, 0.6) is 11.5 Å². The van der Waals surface area contributed by atoms with E-state index < -0.39 is 0 Å². The summed E-state index contributed by atoms with van der Waals surface area (Å²) in [6.07, 6.45) is 0.